The fourth-order valence-electron chi connectivity index (χ4n) is 1.88. The highest BCUT2D eigenvalue weighted by Crippen LogP contribution is 2.19. The minimum atomic E-state index is 0.534. The number of nitrogens with zero attached hydrogens (tertiary/aromatic N) is 2. The summed E-state index contributed by atoms with van der Waals surface area (Å²) >= 11 is 1.92. The molecule has 2 aromatic rings. The minimum Gasteiger partial charge on any atom is -0.337 e. The van der Waals surface area contributed by atoms with Crippen LogP contribution in [0.15, 0.2) is 47.9 Å². The van der Waals surface area contributed by atoms with E-state index in [-0.39, 0.29) is 0 Å². The van der Waals surface area contributed by atoms with Crippen LogP contribution in [0.5, 0.6) is 0 Å². The van der Waals surface area contributed by atoms with E-state index in [1.54, 1.807) is 0 Å². The Morgan fingerprint density at radius 2 is 2.05 bits per heavy atom. The summed E-state index contributed by atoms with van der Waals surface area (Å²) in [4.78, 5) is 5.40. The summed E-state index contributed by atoms with van der Waals surface area (Å²) in [6, 6.07) is 9.41. The molecule has 0 amide bonds. The molecule has 1 N–H and O–H groups in total. The van der Waals surface area contributed by atoms with Gasteiger partial charge in [0, 0.05) is 36.4 Å². The molecule has 0 radical (unpaired) electrons. The lowest BCUT2D eigenvalue weighted by Gasteiger charge is -2.08. The van der Waals surface area contributed by atoms with Crippen LogP contribution in [0, 0.1) is 0 Å². The van der Waals surface area contributed by atoms with Crippen LogP contribution in [0.25, 0.3) is 0 Å². The Bertz CT molecular complexity index is 477. The second kappa shape index (κ2) is 8.12. The van der Waals surface area contributed by atoms with Gasteiger partial charge in [0.1, 0.15) is 0 Å². The van der Waals surface area contributed by atoms with Crippen molar-refractivity contribution in [3.8, 4) is 0 Å². The van der Waals surface area contributed by atoms with Gasteiger partial charge in [-0.1, -0.05) is 26.0 Å². The topological polar surface area (TPSA) is 29.9 Å². The fraction of sp³-hybridized carbons (Fsp3) is 0.438. The van der Waals surface area contributed by atoms with Crippen LogP contribution in [0.2, 0.25) is 0 Å². The van der Waals surface area contributed by atoms with Crippen molar-refractivity contribution in [2.45, 2.75) is 44.3 Å². The maximum absolute atomic E-state index is 4.05. The molecule has 0 saturated heterocycles. The summed E-state index contributed by atoms with van der Waals surface area (Å²) in [5, 5.41) is 3.43. The van der Waals surface area contributed by atoms with Gasteiger partial charge < -0.3 is 9.88 Å². The summed E-state index contributed by atoms with van der Waals surface area (Å²) in [7, 11) is 0. The molecule has 0 saturated carbocycles. The molecule has 0 spiro atoms. The molecule has 1 heterocycles. The zero-order valence-corrected chi connectivity index (χ0v) is 13.1. The van der Waals surface area contributed by atoms with E-state index in [0.717, 1.165) is 25.3 Å². The van der Waals surface area contributed by atoms with Crippen molar-refractivity contribution in [1.29, 1.82) is 0 Å². The highest BCUT2D eigenvalue weighted by Gasteiger charge is 1.98. The zero-order valence-electron chi connectivity index (χ0n) is 12.2. The van der Waals surface area contributed by atoms with E-state index in [9.17, 15) is 0 Å². The molecule has 0 aliphatic carbocycles. The van der Waals surface area contributed by atoms with Crippen LogP contribution < -0.4 is 5.32 Å². The molecule has 1 aromatic carbocycles. The summed E-state index contributed by atoms with van der Waals surface area (Å²) in [5.74, 6) is 1.14. The van der Waals surface area contributed by atoms with Crippen LogP contribution in [-0.4, -0.2) is 21.3 Å². The molecule has 0 aliphatic rings. The number of aryl methyl sites for hydroxylation is 1. The van der Waals surface area contributed by atoms with E-state index in [1.807, 2.05) is 30.5 Å². The Labute approximate surface area is 125 Å². The van der Waals surface area contributed by atoms with Crippen LogP contribution in [0.3, 0.4) is 0 Å². The quantitative estimate of drug-likeness (QED) is 0.595. The summed E-state index contributed by atoms with van der Waals surface area (Å²) in [6.07, 6.45) is 6.89. The maximum atomic E-state index is 4.05. The summed E-state index contributed by atoms with van der Waals surface area (Å²) < 4.78 is 2.13. The molecule has 0 bridgehead atoms. The number of aromatic nitrogens is 2. The third-order valence-corrected chi connectivity index (χ3v) is 4.12. The van der Waals surface area contributed by atoms with Gasteiger partial charge in [0.15, 0.2) is 0 Å². The van der Waals surface area contributed by atoms with E-state index in [4.69, 9.17) is 0 Å². The number of benzene rings is 1. The highest BCUT2D eigenvalue weighted by atomic mass is 32.2. The molecular formula is C16H23N3S. The Hall–Kier alpha value is -1.26. The van der Waals surface area contributed by atoms with E-state index in [2.05, 4.69) is 53.0 Å². The molecule has 0 fully saturated rings. The standard InChI is InChI=1S/C16H23N3S/c1-14(2)18-12-15-4-6-16(7-5-15)20-11-3-9-19-10-8-17-13-19/h4-8,10,13-14,18H,3,9,11-12H2,1-2H3. The van der Waals surface area contributed by atoms with Crippen LogP contribution in [0.1, 0.15) is 25.8 Å². The van der Waals surface area contributed by atoms with Gasteiger partial charge in [0.05, 0.1) is 6.33 Å². The summed E-state index contributed by atoms with van der Waals surface area (Å²) in [6.45, 7) is 6.33. The van der Waals surface area contributed by atoms with Crippen molar-refractivity contribution >= 4 is 11.8 Å². The first-order chi connectivity index (χ1) is 9.74. The SMILES string of the molecule is CC(C)NCc1ccc(SCCCn2ccnc2)cc1. The van der Waals surface area contributed by atoms with E-state index < -0.39 is 0 Å². The normalized spacial score (nSPS) is 11.2. The predicted octanol–water partition coefficient (Wildman–Crippen LogP) is 3.56. The van der Waals surface area contributed by atoms with Gasteiger partial charge in [0.2, 0.25) is 0 Å². The van der Waals surface area contributed by atoms with Gasteiger partial charge in [-0.15, -0.1) is 11.8 Å². The van der Waals surface area contributed by atoms with Crippen LogP contribution in [0.4, 0.5) is 0 Å². The van der Waals surface area contributed by atoms with Crippen molar-refractivity contribution in [1.82, 2.24) is 14.9 Å². The second-order valence-electron chi connectivity index (χ2n) is 5.18. The fourth-order valence-corrected chi connectivity index (χ4v) is 2.72. The predicted molar refractivity (Wildman–Crippen MR) is 86.0 cm³/mol. The van der Waals surface area contributed by atoms with Crippen molar-refractivity contribution in [3.63, 3.8) is 0 Å². The summed E-state index contributed by atoms with van der Waals surface area (Å²) in [5.41, 5.74) is 1.35. The van der Waals surface area contributed by atoms with Crippen molar-refractivity contribution < 1.29 is 0 Å². The van der Waals surface area contributed by atoms with E-state index >= 15 is 0 Å². The van der Waals surface area contributed by atoms with Crippen LogP contribution >= 0.6 is 11.8 Å². The monoisotopic (exact) mass is 289 g/mol. The number of rotatable bonds is 8. The molecular weight excluding hydrogens is 266 g/mol. The number of imidazole rings is 1. The van der Waals surface area contributed by atoms with Crippen molar-refractivity contribution in [3.05, 3.63) is 48.5 Å². The largest absolute Gasteiger partial charge is 0.337 e. The van der Waals surface area contributed by atoms with Gasteiger partial charge in [0.25, 0.3) is 0 Å². The molecule has 2 rings (SSSR count). The van der Waals surface area contributed by atoms with Crippen LogP contribution in [-0.2, 0) is 13.1 Å². The second-order valence-corrected chi connectivity index (χ2v) is 6.35. The van der Waals surface area contributed by atoms with E-state index in [1.165, 1.54) is 10.5 Å². The van der Waals surface area contributed by atoms with Gasteiger partial charge in [-0.2, -0.15) is 0 Å². The Morgan fingerprint density at radius 1 is 1.25 bits per heavy atom. The number of nitrogens with one attached hydrogen (secondary N) is 1. The van der Waals surface area contributed by atoms with E-state index in [0.29, 0.717) is 6.04 Å². The average Bonchev–Trinajstić information content (AvgIpc) is 2.96. The first-order valence-electron chi connectivity index (χ1n) is 7.15. The third-order valence-electron chi connectivity index (χ3n) is 3.03. The number of thioether (sulfide) groups is 1. The minimum absolute atomic E-state index is 0.534. The van der Waals surface area contributed by atoms with Gasteiger partial charge in [-0.3, -0.25) is 0 Å². The lowest BCUT2D eigenvalue weighted by atomic mass is 10.2. The number of hydrogen-bond donors (Lipinski definition) is 1. The molecule has 0 aliphatic heterocycles. The first-order valence-corrected chi connectivity index (χ1v) is 8.13. The van der Waals surface area contributed by atoms with Crippen molar-refractivity contribution in [2.24, 2.45) is 0 Å². The Kier molecular flexibility index (Phi) is 6.15. The van der Waals surface area contributed by atoms with Crippen molar-refractivity contribution in [2.75, 3.05) is 5.75 Å². The third kappa shape index (κ3) is 5.39. The lowest BCUT2D eigenvalue weighted by molar-refractivity contribution is 0.588. The van der Waals surface area contributed by atoms with Gasteiger partial charge in [-0.05, 0) is 29.9 Å². The van der Waals surface area contributed by atoms with Gasteiger partial charge in [-0.25, -0.2) is 4.98 Å². The average molecular weight is 289 g/mol. The van der Waals surface area contributed by atoms with Gasteiger partial charge >= 0.3 is 0 Å². The molecule has 0 unspecified atom stereocenters. The molecule has 4 heteroatoms. The Balaban J connectivity index is 1.68. The molecule has 3 nitrogen and oxygen atoms in total. The highest BCUT2D eigenvalue weighted by molar-refractivity contribution is 7.99. The molecule has 0 atom stereocenters. The Morgan fingerprint density at radius 3 is 2.70 bits per heavy atom. The lowest BCUT2D eigenvalue weighted by Crippen LogP contribution is -2.21. The maximum Gasteiger partial charge on any atom is 0.0945 e. The smallest absolute Gasteiger partial charge is 0.0945 e. The molecule has 108 valence electrons. The molecule has 20 heavy (non-hydrogen) atoms. The number of hydrogen-bond acceptors (Lipinski definition) is 3. The zero-order chi connectivity index (χ0) is 14.2. The molecule has 1 aromatic heterocycles. The first kappa shape index (κ1) is 15.1.